The maximum absolute atomic E-state index is 12.0. The summed E-state index contributed by atoms with van der Waals surface area (Å²) in [7, 11) is 0. The van der Waals surface area contributed by atoms with Crippen molar-refractivity contribution in [2.24, 2.45) is 4.99 Å². The topological polar surface area (TPSA) is 70.1 Å². The van der Waals surface area contributed by atoms with E-state index < -0.39 is 0 Å². The van der Waals surface area contributed by atoms with Crippen LogP contribution in [0.5, 0.6) is 0 Å². The van der Waals surface area contributed by atoms with Gasteiger partial charge in [0.1, 0.15) is 6.67 Å². The first kappa shape index (κ1) is 14.4. The van der Waals surface area contributed by atoms with Crippen LogP contribution in [0.4, 0.5) is 0 Å². The molecule has 1 amide bonds. The Morgan fingerprint density at radius 1 is 1.17 bits per heavy atom. The summed E-state index contributed by atoms with van der Waals surface area (Å²) in [5.41, 5.74) is 3.08. The summed E-state index contributed by atoms with van der Waals surface area (Å²) in [5.74, 6) is -0.193. The molecule has 1 heterocycles. The quantitative estimate of drug-likeness (QED) is 0.776. The van der Waals surface area contributed by atoms with Gasteiger partial charge < -0.3 is 10.3 Å². The van der Waals surface area contributed by atoms with Gasteiger partial charge in [-0.15, -0.1) is 0 Å². The first-order chi connectivity index (χ1) is 12.1. The van der Waals surface area contributed by atoms with Gasteiger partial charge in [0, 0.05) is 17.0 Å². The van der Waals surface area contributed by atoms with Gasteiger partial charge in [0.25, 0.3) is 5.91 Å². The lowest BCUT2D eigenvalue weighted by atomic mass is 10.1. The lowest BCUT2D eigenvalue weighted by Crippen LogP contribution is -2.26. The van der Waals surface area contributed by atoms with Crippen LogP contribution in [-0.2, 0) is 0 Å². The Kier molecular flexibility index (Phi) is 4.42. The number of nitrogens with zero attached hydrogens (tertiary/aromatic N) is 2. The molecule has 0 aliphatic heterocycles. The smallest absolute Gasteiger partial charge is 0.252 e. The number of nitrogens with one attached hydrogen (secondary N) is 2. The minimum Gasteiger partial charge on any atom is -0.333 e. The van der Waals surface area contributed by atoms with Gasteiger partial charge in [0.2, 0.25) is 5.62 Å². The van der Waals surface area contributed by atoms with Crippen molar-refractivity contribution in [1.82, 2.24) is 15.3 Å². The van der Waals surface area contributed by atoms with E-state index in [9.17, 15) is 4.79 Å². The molecule has 0 spiro atoms. The van der Waals surface area contributed by atoms with Crippen molar-refractivity contribution >= 4 is 5.91 Å². The number of aromatic nitrogens is 2. The number of hydrogen-bond donors (Lipinski definition) is 2. The molecule has 3 rings (SSSR count). The van der Waals surface area contributed by atoms with Gasteiger partial charge >= 0.3 is 0 Å². The Morgan fingerprint density at radius 2 is 1.83 bits per heavy atom. The van der Waals surface area contributed by atoms with Crippen LogP contribution in [0, 0.1) is 6.92 Å². The SMILES string of the molecule is [2H]c1c(C)nc(=NCNC(=O)c2ccccc2)[nH]c1-c1ccccc1. The van der Waals surface area contributed by atoms with E-state index in [1.165, 1.54) is 0 Å². The molecule has 0 aliphatic rings. The van der Waals surface area contributed by atoms with Crippen LogP contribution in [0.2, 0.25) is 0 Å². The molecule has 0 saturated carbocycles. The van der Waals surface area contributed by atoms with Crippen LogP contribution >= 0.6 is 0 Å². The maximum Gasteiger partial charge on any atom is 0.252 e. The highest BCUT2D eigenvalue weighted by Gasteiger charge is 2.02. The number of rotatable bonds is 4. The van der Waals surface area contributed by atoms with Crippen molar-refractivity contribution in [2.45, 2.75) is 6.92 Å². The zero-order valence-corrected chi connectivity index (χ0v) is 13.3. The molecule has 0 fully saturated rings. The first-order valence-corrected chi connectivity index (χ1v) is 7.62. The Morgan fingerprint density at radius 3 is 2.54 bits per heavy atom. The van der Waals surface area contributed by atoms with Crippen molar-refractivity contribution in [1.29, 1.82) is 0 Å². The van der Waals surface area contributed by atoms with E-state index in [0.717, 1.165) is 5.56 Å². The summed E-state index contributed by atoms with van der Waals surface area (Å²) in [5, 5.41) is 2.73. The van der Waals surface area contributed by atoms with Crippen LogP contribution in [-0.4, -0.2) is 22.5 Å². The van der Waals surface area contributed by atoms with Gasteiger partial charge in [-0.3, -0.25) is 4.79 Å². The summed E-state index contributed by atoms with van der Waals surface area (Å²) < 4.78 is 8.18. The molecule has 120 valence electrons. The molecule has 1 aromatic heterocycles. The molecule has 0 aliphatic carbocycles. The lowest BCUT2D eigenvalue weighted by molar-refractivity contribution is 0.0954. The third kappa shape index (κ3) is 3.95. The summed E-state index contributed by atoms with van der Waals surface area (Å²) >= 11 is 0. The predicted molar refractivity (Wildman–Crippen MR) is 93.1 cm³/mol. The highest BCUT2D eigenvalue weighted by atomic mass is 16.1. The van der Waals surface area contributed by atoms with Gasteiger partial charge in [0.05, 0.1) is 1.37 Å². The van der Waals surface area contributed by atoms with Crippen molar-refractivity contribution in [3.63, 3.8) is 0 Å². The van der Waals surface area contributed by atoms with Gasteiger partial charge in [-0.1, -0.05) is 48.5 Å². The standard InChI is InChI=1S/C19H18N4O/c1-14-12-17(15-8-4-2-5-9-15)23-19(22-14)21-13-20-18(24)16-10-6-3-7-11-16/h2-12H,13H2,1H3,(H,20,24)(H,21,22,23)/i12D. The number of hydrogen-bond acceptors (Lipinski definition) is 3. The van der Waals surface area contributed by atoms with Crippen molar-refractivity contribution in [3.8, 4) is 11.3 Å². The molecule has 0 atom stereocenters. The van der Waals surface area contributed by atoms with E-state index in [1.807, 2.05) is 48.5 Å². The fourth-order valence-corrected chi connectivity index (χ4v) is 2.24. The van der Waals surface area contributed by atoms with Crippen LogP contribution < -0.4 is 10.9 Å². The lowest BCUT2D eigenvalue weighted by Gasteiger charge is -2.04. The van der Waals surface area contributed by atoms with Gasteiger partial charge in [-0.05, 0) is 30.7 Å². The third-order valence-electron chi connectivity index (χ3n) is 3.38. The molecule has 0 unspecified atom stereocenters. The molecule has 0 bridgehead atoms. The molecule has 5 heteroatoms. The van der Waals surface area contributed by atoms with Crippen molar-refractivity contribution in [2.75, 3.05) is 6.67 Å². The van der Waals surface area contributed by atoms with E-state index in [2.05, 4.69) is 20.3 Å². The monoisotopic (exact) mass is 319 g/mol. The second-order valence-electron chi connectivity index (χ2n) is 5.20. The average molecular weight is 319 g/mol. The minimum absolute atomic E-state index is 0.0994. The Balaban J connectivity index is 1.82. The zero-order valence-electron chi connectivity index (χ0n) is 14.3. The van der Waals surface area contributed by atoms with Crippen LogP contribution in [0.1, 0.15) is 17.4 Å². The highest BCUT2D eigenvalue weighted by Crippen LogP contribution is 2.14. The number of aromatic amines is 1. The number of carbonyl (C=O) groups excluding carboxylic acids is 1. The normalized spacial score (nSPS) is 11.9. The number of amides is 1. The Bertz CT molecular complexity index is 937. The molecule has 3 aromatic rings. The van der Waals surface area contributed by atoms with E-state index >= 15 is 0 Å². The molecule has 24 heavy (non-hydrogen) atoms. The van der Waals surface area contributed by atoms with E-state index in [1.54, 1.807) is 19.1 Å². The fourth-order valence-electron chi connectivity index (χ4n) is 2.24. The summed E-state index contributed by atoms with van der Waals surface area (Å²) in [6.45, 7) is 1.87. The predicted octanol–water partition coefficient (Wildman–Crippen LogP) is 2.67. The number of benzene rings is 2. The number of aryl methyl sites for hydroxylation is 1. The molecule has 0 radical (unpaired) electrons. The second kappa shape index (κ2) is 7.37. The van der Waals surface area contributed by atoms with Crippen LogP contribution in [0.25, 0.3) is 11.3 Å². The molecular formula is C19H18N4O. The van der Waals surface area contributed by atoms with E-state index in [0.29, 0.717) is 28.6 Å². The summed E-state index contributed by atoms with van der Waals surface area (Å²) in [6, 6.07) is 18.9. The summed E-state index contributed by atoms with van der Waals surface area (Å²) in [6.07, 6.45) is 0. The molecule has 2 N–H and O–H groups in total. The molecule has 0 saturated heterocycles. The Labute approximate surface area is 141 Å². The average Bonchev–Trinajstić information content (AvgIpc) is 2.65. The zero-order chi connectivity index (χ0) is 17.6. The molecule has 2 aromatic carbocycles. The van der Waals surface area contributed by atoms with E-state index in [-0.39, 0.29) is 12.6 Å². The third-order valence-corrected chi connectivity index (χ3v) is 3.38. The van der Waals surface area contributed by atoms with Gasteiger partial charge in [-0.25, -0.2) is 9.98 Å². The molecule has 5 nitrogen and oxygen atoms in total. The summed E-state index contributed by atoms with van der Waals surface area (Å²) in [4.78, 5) is 23.6. The maximum atomic E-state index is 12.0. The minimum atomic E-state index is -0.193. The largest absolute Gasteiger partial charge is 0.333 e. The van der Waals surface area contributed by atoms with E-state index in [4.69, 9.17) is 1.37 Å². The van der Waals surface area contributed by atoms with Gasteiger partial charge in [-0.2, -0.15) is 0 Å². The fraction of sp³-hybridized carbons (Fsp3) is 0.105. The molecular weight excluding hydrogens is 300 g/mol. The Hall–Kier alpha value is -3.21. The first-order valence-electron chi connectivity index (χ1n) is 8.12. The van der Waals surface area contributed by atoms with Crippen molar-refractivity contribution < 1.29 is 6.17 Å². The highest BCUT2D eigenvalue weighted by molar-refractivity contribution is 5.94. The van der Waals surface area contributed by atoms with Crippen LogP contribution in [0.3, 0.4) is 0 Å². The number of H-pyrrole nitrogens is 1. The number of carbonyl (C=O) groups is 1. The van der Waals surface area contributed by atoms with Crippen LogP contribution in [0.15, 0.2) is 71.7 Å². The van der Waals surface area contributed by atoms with Gasteiger partial charge in [0.15, 0.2) is 0 Å². The second-order valence-corrected chi connectivity index (χ2v) is 5.20. The van der Waals surface area contributed by atoms with Crippen molar-refractivity contribution in [3.05, 3.63) is 83.6 Å².